The van der Waals surface area contributed by atoms with Crippen LogP contribution >= 0.6 is 27.5 Å². The molecule has 0 fully saturated rings. The van der Waals surface area contributed by atoms with E-state index in [-0.39, 0.29) is 0 Å². The molecule has 1 unspecified atom stereocenters. The van der Waals surface area contributed by atoms with Crippen molar-refractivity contribution in [3.63, 3.8) is 0 Å². The lowest BCUT2D eigenvalue weighted by Gasteiger charge is -1.99. The fourth-order valence-corrected chi connectivity index (χ4v) is 0.714. The summed E-state index contributed by atoms with van der Waals surface area (Å²) < 4.78 is 0. The Labute approximate surface area is 64.0 Å². The largest absolute Gasteiger partial charge is 0.122 e. The Kier molecular flexibility index (Phi) is 4.68. The zero-order chi connectivity index (χ0) is 6.57. The highest BCUT2D eigenvalue weighted by Gasteiger charge is 1.94. The van der Waals surface area contributed by atoms with Crippen molar-refractivity contribution in [1.82, 2.24) is 0 Å². The van der Waals surface area contributed by atoms with Crippen LogP contribution in [0.15, 0.2) is 11.6 Å². The molecule has 0 aromatic rings. The molecule has 0 radical (unpaired) electrons. The van der Waals surface area contributed by atoms with Crippen molar-refractivity contribution in [3.8, 4) is 0 Å². The Morgan fingerprint density at radius 3 is 2.50 bits per heavy atom. The van der Waals surface area contributed by atoms with Crippen molar-refractivity contribution in [1.29, 1.82) is 0 Å². The zero-order valence-electron chi connectivity index (χ0n) is 5.12. The molecule has 8 heavy (non-hydrogen) atoms. The summed E-state index contributed by atoms with van der Waals surface area (Å²) in [5.41, 5.74) is 1.29. The first kappa shape index (κ1) is 8.51. The van der Waals surface area contributed by atoms with E-state index >= 15 is 0 Å². The smallest absolute Gasteiger partial charge is 0.0407 e. The minimum Gasteiger partial charge on any atom is -0.122 e. The van der Waals surface area contributed by atoms with Crippen molar-refractivity contribution in [2.24, 2.45) is 0 Å². The third-order valence-electron chi connectivity index (χ3n) is 1.03. The third kappa shape index (κ3) is 3.50. The summed E-state index contributed by atoms with van der Waals surface area (Å²) in [5.74, 6) is 0.613. The van der Waals surface area contributed by atoms with Gasteiger partial charge in [-0.25, -0.2) is 0 Å². The molecular weight excluding hydrogens is 187 g/mol. The Bertz CT molecular complexity index is 86.5. The number of hydrogen-bond acceptors (Lipinski definition) is 0. The SMILES string of the molecule is C/C(=C\CCl)C(C)Br. The highest BCUT2D eigenvalue weighted by atomic mass is 79.9. The summed E-state index contributed by atoms with van der Waals surface area (Å²) in [5, 5.41) is 0. The number of allylic oxidation sites excluding steroid dienone is 2. The zero-order valence-corrected chi connectivity index (χ0v) is 7.46. The third-order valence-corrected chi connectivity index (χ3v) is 1.90. The van der Waals surface area contributed by atoms with E-state index in [1.807, 2.05) is 6.08 Å². The highest BCUT2D eigenvalue weighted by Crippen LogP contribution is 2.09. The van der Waals surface area contributed by atoms with Crippen molar-refractivity contribution >= 4 is 27.5 Å². The van der Waals surface area contributed by atoms with Gasteiger partial charge in [0.2, 0.25) is 0 Å². The maximum Gasteiger partial charge on any atom is 0.0407 e. The molecule has 0 rings (SSSR count). The summed E-state index contributed by atoms with van der Waals surface area (Å²) in [4.78, 5) is 0.459. The summed E-state index contributed by atoms with van der Waals surface area (Å²) in [6, 6.07) is 0. The second-order valence-electron chi connectivity index (χ2n) is 1.72. The predicted octanol–water partition coefficient (Wildman–Crippen LogP) is 2.95. The van der Waals surface area contributed by atoms with Gasteiger partial charge in [0, 0.05) is 10.7 Å². The van der Waals surface area contributed by atoms with E-state index < -0.39 is 0 Å². The number of rotatable bonds is 2. The Morgan fingerprint density at radius 2 is 2.38 bits per heavy atom. The molecule has 1 atom stereocenters. The Balaban J connectivity index is 3.61. The minimum atomic E-state index is 0.459. The van der Waals surface area contributed by atoms with Gasteiger partial charge in [0.1, 0.15) is 0 Å². The van der Waals surface area contributed by atoms with Gasteiger partial charge >= 0.3 is 0 Å². The molecule has 0 aromatic heterocycles. The van der Waals surface area contributed by atoms with E-state index in [4.69, 9.17) is 11.6 Å². The van der Waals surface area contributed by atoms with Gasteiger partial charge in [0.05, 0.1) is 0 Å². The number of halogens is 2. The maximum absolute atomic E-state index is 5.44. The summed E-state index contributed by atoms with van der Waals surface area (Å²) >= 11 is 8.86. The van der Waals surface area contributed by atoms with Gasteiger partial charge in [-0.2, -0.15) is 0 Å². The maximum atomic E-state index is 5.44. The van der Waals surface area contributed by atoms with Crippen molar-refractivity contribution < 1.29 is 0 Å². The van der Waals surface area contributed by atoms with E-state index in [9.17, 15) is 0 Å². The van der Waals surface area contributed by atoms with Crippen LogP contribution in [-0.2, 0) is 0 Å². The van der Waals surface area contributed by atoms with Crippen LogP contribution in [0.2, 0.25) is 0 Å². The molecule has 0 spiro atoms. The molecule has 0 saturated carbocycles. The van der Waals surface area contributed by atoms with Crippen LogP contribution in [-0.4, -0.2) is 10.7 Å². The molecule has 0 amide bonds. The van der Waals surface area contributed by atoms with Gasteiger partial charge < -0.3 is 0 Å². The Hall–Kier alpha value is 0.510. The van der Waals surface area contributed by atoms with Crippen LogP contribution in [0.5, 0.6) is 0 Å². The van der Waals surface area contributed by atoms with Gasteiger partial charge in [-0.05, 0) is 13.8 Å². The topological polar surface area (TPSA) is 0 Å². The van der Waals surface area contributed by atoms with E-state index in [1.54, 1.807) is 0 Å². The molecule has 0 saturated heterocycles. The van der Waals surface area contributed by atoms with Crippen LogP contribution < -0.4 is 0 Å². The quantitative estimate of drug-likeness (QED) is 0.472. The first-order valence-corrected chi connectivity index (χ1v) is 4.00. The lowest BCUT2D eigenvalue weighted by molar-refractivity contribution is 1.13. The van der Waals surface area contributed by atoms with Crippen LogP contribution in [0.3, 0.4) is 0 Å². The first-order chi connectivity index (χ1) is 3.68. The molecule has 0 bridgehead atoms. The average Bonchev–Trinajstić information content (AvgIpc) is 1.67. The Morgan fingerprint density at radius 1 is 1.88 bits per heavy atom. The van der Waals surface area contributed by atoms with E-state index in [0.29, 0.717) is 10.7 Å². The van der Waals surface area contributed by atoms with E-state index in [2.05, 4.69) is 29.8 Å². The first-order valence-electron chi connectivity index (χ1n) is 2.55. The van der Waals surface area contributed by atoms with Gasteiger partial charge in [0.15, 0.2) is 0 Å². The summed E-state index contributed by atoms with van der Waals surface area (Å²) in [6.07, 6.45) is 2.00. The highest BCUT2D eigenvalue weighted by molar-refractivity contribution is 9.09. The van der Waals surface area contributed by atoms with Crippen LogP contribution in [0, 0.1) is 0 Å². The van der Waals surface area contributed by atoms with Gasteiger partial charge in [-0.1, -0.05) is 27.6 Å². The summed E-state index contributed by atoms with van der Waals surface area (Å²) in [7, 11) is 0. The normalized spacial score (nSPS) is 16.2. The van der Waals surface area contributed by atoms with Crippen LogP contribution in [0.4, 0.5) is 0 Å². The number of hydrogen-bond donors (Lipinski definition) is 0. The molecule has 0 aliphatic carbocycles. The van der Waals surface area contributed by atoms with Gasteiger partial charge in [0.25, 0.3) is 0 Å². The molecule has 0 nitrogen and oxygen atoms in total. The molecule has 48 valence electrons. The standard InChI is InChI=1S/C6H10BrCl/c1-5(3-4-8)6(2)7/h3,6H,4H2,1-2H3/b5-3+. The van der Waals surface area contributed by atoms with Gasteiger partial charge in [-0.15, -0.1) is 11.6 Å². The molecule has 0 aromatic carbocycles. The fourth-order valence-electron chi connectivity index (χ4n) is 0.284. The average molecular weight is 198 g/mol. The van der Waals surface area contributed by atoms with Crippen LogP contribution in [0.1, 0.15) is 13.8 Å². The van der Waals surface area contributed by atoms with Crippen LogP contribution in [0.25, 0.3) is 0 Å². The molecular formula is C6H10BrCl. The summed E-state index contributed by atoms with van der Waals surface area (Å²) in [6.45, 7) is 4.14. The number of alkyl halides is 2. The lowest BCUT2D eigenvalue weighted by atomic mass is 10.2. The van der Waals surface area contributed by atoms with Crippen molar-refractivity contribution in [2.75, 3.05) is 5.88 Å². The molecule has 0 aliphatic rings. The van der Waals surface area contributed by atoms with Crippen molar-refractivity contribution in [3.05, 3.63) is 11.6 Å². The van der Waals surface area contributed by atoms with Gasteiger partial charge in [-0.3, -0.25) is 0 Å². The second kappa shape index (κ2) is 4.39. The van der Waals surface area contributed by atoms with E-state index in [0.717, 1.165) is 0 Å². The molecule has 0 aliphatic heterocycles. The fraction of sp³-hybridized carbons (Fsp3) is 0.667. The molecule has 2 heteroatoms. The molecule has 0 N–H and O–H groups in total. The molecule has 0 heterocycles. The second-order valence-corrected chi connectivity index (χ2v) is 3.40. The van der Waals surface area contributed by atoms with Crippen molar-refractivity contribution in [2.45, 2.75) is 18.7 Å². The van der Waals surface area contributed by atoms with E-state index in [1.165, 1.54) is 5.57 Å². The lowest BCUT2D eigenvalue weighted by Crippen LogP contribution is -1.90. The minimum absolute atomic E-state index is 0.459. The predicted molar refractivity (Wildman–Crippen MR) is 42.9 cm³/mol. The monoisotopic (exact) mass is 196 g/mol.